The predicted molar refractivity (Wildman–Crippen MR) is 189 cm³/mol. The predicted octanol–water partition coefficient (Wildman–Crippen LogP) is 11.1. The Morgan fingerprint density at radius 3 is 1.56 bits per heavy atom. The van der Waals surface area contributed by atoms with Crippen molar-refractivity contribution in [1.82, 2.24) is 9.55 Å². The van der Waals surface area contributed by atoms with Crippen LogP contribution >= 0.6 is 0 Å². The summed E-state index contributed by atoms with van der Waals surface area (Å²) in [5.41, 5.74) is 10.2. The first-order valence-electron chi connectivity index (χ1n) is 15.8. The summed E-state index contributed by atoms with van der Waals surface area (Å²) in [5.74, 6) is 0.966. The van der Waals surface area contributed by atoms with Gasteiger partial charge in [-0.1, -0.05) is 109 Å². The van der Waals surface area contributed by atoms with Crippen LogP contribution in [-0.2, 0) is 12.8 Å². The Morgan fingerprint density at radius 1 is 0.400 bits per heavy atom. The third-order valence-corrected chi connectivity index (χ3v) is 9.92. The molecule has 0 fully saturated rings. The zero-order valence-electron chi connectivity index (χ0n) is 24.7. The third-order valence-electron chi connectivity index (χ3n) is 9.92. The fraction of sp³-hybridized carbons (Fsp3) is 0.0465. The topological polar surface area (TPSA) is 17.8 Å². The van der Waals surface area contributed by atoms with E-state index in [1.54, 1.807) is 0 Å². The van der Waals surface area contributed by atoms with E-state index in [2.05, 4.69) is 150 Å². The lowest BCUT2D eigenvalue weighted by molar-refractivity contribution is 0.924. The first-order chi connectivity index (χ1) is 22.3. The van der Waals surface area contributed by atoms with E-state index in [1.807, 2.05) is 0 Å². The molecule has 0 atom stereocenters. The summed E-state index contributed by atoms with van der Waals surface area (Å²) in [7, 11) is 0. The maximum Gasteiger partial charge on any atom is 0.138 e. The molecule has 10 rings (SSSR count). The third kappa shape index (κ3) is 3.60. The van der Waals surface area contributed by atoms with Crippen molar-refractivity contribution in [3.8, 4) is 28.1 Å². The minimum Gasteiger partial charge on any atom is -0.294 e. The zero-order chi connectivity index (χ0) is 29.5. The Balaban J connectivity index is 1.16. The van der Waals surface area contributed by atoms with E-state index in [4.69, 9.17) is 4.98 Å². The van der Waals surface area contributed by atoms with E-state index < -0.39 is 0 Å². The van der Waals surface area contributed by atoms with Crippen LogP contribution in [0.5, 0.6) is 0 Å². The van der Waals surface area contributed by atoms with Crippen molar-refractivity contribution in [2.24, 2.45) is 0 Å². The van der Waals surface area contributed by atoms with Gasteiger partial charge in [0.1, 0.15) is 5.82 Å². The van der Waals surface area contributed by atoms with Crippen molar-refractivity contribution in [2.75, 3.05) is 0 Å². The molecule has 7 aromatic carbocycles. The Kier molecular flexibility index (Phi) is 5.15. The molecule has 2 nitrogen and oxygen atoms in total. The molecule has 9 aromatic rings. The highest BCUT2D eigenvalue weighted by molar-refractivity contribution is 6.25. The van der Waals surface area contributed by atoms with Gasteiger partial charge in [-0.2, -0.15) is 0 Å². The van der Waals surface area contributed by atoms with Gasteiger partial charge in [-0.15, -0.1) is 0 Å². The molecule has 0 unspecified atom stereocenters. The average molecular weight is 573 g/mol. The highest BCUT2D eigenvalue weighted by atomic mass is 15.1. The van der Waals surface area contributed by atoms with Crippen LogP contribution in [0.3, 0.4) is 0 Å². The summed E-state index contributed by atoms with van der Waals surface area (Å²) in [5, 5.41) is 10.4. The Morgan fingerprint density at radius 2 is 0.889 bits per heavy atom. The number of hydrogen-bond acceptors (Lipinski definition) is 1. The first kappa shape index (κ1) is 24.7. The Labute approximate surface area is 260 Å². The van der Waals surface area contributed by atoms with Crippen molar-refractivity contribution in [3.05, 3.63) is 157 Å². The number of hydrogen-bond donors (Lipinski definition) is 0. The second-order valence-electron chi connectivity index (χ2n) is 12.3. The Bertz CT molecular complexity index is 2570. The second kappa shape index (κ2) is 9.38. The van der Waals surface area contributed by atoms with Crippen LogP contribution in [0, 0.1) is 0 Å². The van der Waals surface area contributed by atoms with E-state index in [1.165, 1.54) is 87.5 Å². The fourth-order valence-electron chi connectivity index (χ4n) is 7.80. The van der Waals surface area contributed by atoms with Gasteiger partial charge in [0.05, 0.1) is 11.0 Å². The molecule has 2 aromatic heterocycles. The summed E-state index contributed by atoms with van der Waals surface area (Å²) < 4.78 is 2.32. The standard InChI is InChI=1S/C43H28N2/c1-2-11-33-31(9-1)32-10-3-4-12-34(32)40-24-29(21-22-35(33)40)28-19-17-27-18-20-30-26-44-43(25-39(30)38(27)23-28)45-41-15-7-5-13-36(41)37-14-6-8-16-42(37)45/h1-17,19,21-26H,18,20H2. The number of aromatic nitrogens is 2. The number of benzene rings is 7. The van der Waals surface area contributed by atoms with Crippen LogP contribution < -0.4 is 0 Å². The van der Waals surface area contributed by atoms with Crippen LogP contribution in [0.1, 0.15) is 11.1 Å². The van der Waals surface area contributed by atoms with Gasteiger partial charge in [0.15, 0.2) is 0 Å². The molecule has 0 amide bonds. The minimum absolute atomic E-state index is 0.966. The van der Waals surface area contributed by atoms with Crippen molar-refractivity contribution < 1.29 is 0 Å². The summed E-state index contributed by atoms with van der Waals surface area (Å²) in [6, 6.07) is 51.3. The second-order valence-corrected chi connectivity index (χ2v) is 12.3. The molecule has 1 aliphatic rings. The van der Waals surface area contributed by atoms with Gasteiger partial charge >= 0.3 is 0 Å². The quantitative estimate of drug-likeness (QED) is 0.188. The molecule has 45 heavy (non-hydrogen) atoms. The highest BCUT2D eigenvalue weighted by Gasteiger charge is 2.20. The lowest BCUT2D eigenvalue weighted by Crippen LogP contribution is -2.07. The van der Waals surface area contributed by atoms with Gasteiger partial charge in [0.2, 0.25) is 0 Å². The van der Waals surface area contributed by atoms with E-state index in [0.717, 1.165) is 18.7 Å². The number of aryl methyl sites for hydroxylation is 2. The van der Waals surface area contributed by atoms with Crippen molar-refractivity contribution in [3.63, 3.8) is 0 Å². The normalized spacial score (nSPS) is 12.7. The fourth-order valence-corrected chi connectivity index (χ4v) is 7.80. The monoisotopic (exact) mass is 572 g/mol. The molecule has 0 N–H and O–H groups in total. The van der Waals surface area contributed by atoms with Crippen LogP contribution in [0.4, 0.5) is 0 Å². The van der Waals surface area contributed by atoms with E-state index in [9.17, 15) is 0 Å². The average Bonchev–Trinajstić information content (AvgIpc) is 3.45. The molecular weight excluding hydrogens is 544 g/mol. The van der Waals surface area contributed by atoms with Crippen LogP contribution in [-0.4, -0.2) is 9.55 Å². The van der Waals surface area contributed by atoms with Crippen molar-refractivity contribution >= 4 is 54.1 Å². The largest absolute Gasteiger partial charge is 0.294 e. The lowest BCUT2D eigenvalue weighted by Gasteiger charge is -2.22. The van der Waals surface area contributed by atoms with Crippen molar-refractivity contribution in [1.29, 1.82) is 0 Å². The minimum atomic E-state index is 0.966. The van der Waals surface area contributed by atoms with E-state index in [0.29, 0.717) is 0 Å². The molecule has 2 heterocycles. The first-order valence-corrected chi connectivity index (χ1v) is 15.8. The van der Waals surface area contributed by atoms with Gasteiger partial charge in [-0.3, -0.25) is 4.57 Å². The number of rotatable bonds is 2. The van der Waals surface area contributed by atoms with E-state index >= 15 is 0 Å². The molecule has 0 saturated heterocycles. The van der Waals surface area contributed by atoms with Gasteiger partial charge in [0.25, 0.3) is 0 Å². The highest BCUT2D eigenvalue weighted by Crippen LogP contribution is 2.41. The maximum atomic E-state index is 5.04. The SMILES string of the molecule is c1ccc2c(c1)c1ccccc1c1cc(-c3ccc4c(c3)-c3cc(-n5c6ccccc6c6ccccc65)ncc3CC4)ccc21. The lowest BCUT2D eigenvalue weighted by atomic mass is 9.84. The van der Waals surface area contributed by atoms with Crippen LogP contribution in [0.25, 0.3) is 82.2 Å². The van der Waals surface area contributed by atoms with Gasteiger partial charge < -0.3 is 0 Å². The summed E-state index contributed by atoms with van der Waals surface area (Å²) >= 11 is 0. The number of para-hydroxylation sites is 2. The van der Waals surface area contributed by atoms with Crippen LogP contribution in [0.15, 0.2) is 146 Å². The van der Waals surface area contributed by atoms with Crippen LogP contribution in [0.2, 0.25) is 0 Å². The molecule has 1 aliphatic carbocycles. The zero-order valence-corrected chi connectivity index (χ0v) is 24.7. The van der Waals surface area contributed by atoms with Gasteiger partial charge in [-0.05, 0) is 109 Å². The molecule has 2 heteroatoms. The number of fused-ring (bicyclic) bond motifs is 12. The van der Waals surface area contributed by atoms with Gasteiger partial charge in [-0.25, -0.2) is 4.98 Å². The molecule has 0 radical (unpaired) electrons. The number of nitrogens with zero attached hydrogens (tertiary/aromatic N) is 2. The molecule has 0 bridgehead atoms. The smallest absolute Gasteiger partial charge is 0.138 e. The van der Waals surface area contributed by atoms with Crippen molar-refractivity contribution in [2.45, 2.75) is 12.8 Å². The maximum absolute atomic E-state index is 5.04. The summed E-state index contributed by atoms with van der Waals surface area (Å²) in [4.78, 5) is 5.04. The summed E-state index contributed by atoms with van der Waals surface area (Å²) in [6.07, 6.45) is 4.15. The molecule has 0 saturated carbocycles. The molecular formula is C43H28N2. The molecule has 210 valence electrons. The van der Waals surface area contributed by atoms with E-state index in [-0.39, 0.29) is 0 Å². The Hall–Kier alpha value is -5.73. The van der Waals surface area contributed by atoms with Gasteiger partial charge in [0, 0.05) is 17.0 Å². The number of pyridine rings is 1. The summed E-state index contributed by atoms with van der Waals surface area (Å²) in [6.45, 7) is 0. The molecule has 0 aliphatic heterocycles. The molecule has 0 spiro atoms.